The normalized spacial score (nSPS) is 15.3. The van der Waals surface area contributed by atoms with Crippen LogP contribution in [-0.2, 0) is 6.54 Å². The first kappa shape index (κ1) is 25.9. The van der Waals surface area contributed by atoms with E-state index < -0.39 is 0 Å². The average Bonchev–Trinajstić information content (AvgIpc) is 3.32. The Balaban J connectivity index is 1.21. The van der Waals surface area contributed by atoms with Gasteiger partial charge in [-0.25, -0.2) is 24.0 Å². The first-order valence-corrected chi connectivity index (χ1v) is 12.9. The first-order chi connectivity index (χ1) is 18.4. The van der Waals surface area contributed by atoms with Crippen molar-refractivity contribution in [3.05, 3.63) is 82.5 Å². The molecule has 0 bridgehead atoms. The van der Waals surface area contributed by atoms with Crippen molar-refractivity contribution in [2.75, 3.05) is 37.8 Å². The molecule has 1 atom stereocenters. The van der Waals surface area contributed by atoms with Crippen LogP contribution >= 0.6 is 11.6 Å². The number of nitrogens with zero attached hydrogens (tertiary/aromatic N) is 6. The van der Waals surface area contributed by atoms with Gasteiger partial charge in [0.2, 0.25) is 5.28 Å². The minimum atomic E-state index is -0.259. The van der Waals surface area contributed by atoms with Crippen LogP contribution in [0.25, 0.3) is 5.69 Å². The van der Waals surface area contributed by atoms with Gasteiger partial charge in [0, 0.05) is 42.9 Å². The van der Waals surface area contributed by atoms with Crippen LogP contribution in [0.5, 0.6) is 5.75 Å². The zero-order valence-electron chi connectivity index (χ0n) is 21.4. The second-order valence-corrected chi connectivity index (χ2v) is 9.79. The predicted molar refractivity (Wildman–Crippen MR) is 145 cm³/mol. The molecule has 9 nitrogen and oxygen atoms in total. The van der Waals surface area contributed by atoms with Crippen molar-refractivity contribution in [3.8, 4) is 11.4 Å². The zero-order chi connectivity index (χ0) is 26.6. The number of benzene rings is 2. The average molecular weight is 537 g/mol. The monoisotopic (exact) mass is 536 g/mol. The number of aryl methyl sites for hydroxylation is 1. The van der Waals surface area contributed by atoms with Gasteiger partial charge in [-0.1, -0.05) is 12.1 Å². The van der Waals surface area contributed by atoms with Gasteiger partial charge in [0.05, 0.1) is 12.3 Å². The molecule has 4 aromatic rings. The summed E-state index contributed by atoms with van der Waals surface area (Å²) in [6, 6.07) is 12.1. The lowest BCUT2D eigenvalue weighted by atomic mass is 9.89. The number of unbranched alkanes of at least 4 members (excludes halogenated alkanes) is 1. The number of halogens is 2. The van der Waals surface area contributed by atoms with Crippen LogP contribution in [0.2, 0.25) is 5.28 Å². The fourth-order valence-corrected chi connectivity index (χ4v) is 4.84. The summed E-state index contributed by atoms with van der Waals surface area (Å²) < 4.78 is 21.2. The Morgan fingerprint density at radius 3 is 2.74 bits per heavy atom. The fraction of sp³-hybridized carbons (Fsp3) is 0.333. The molecule has 3 heterocycles. The molecule has 0 saturated heterocycles. The van der Waals surface area contributed by atoms with E-state index in [1.165, 1.54) is 12.1 Å². The Morgan fingerprint density at radius 1 is 1.16 bits per heavy atom. The molecule has 5 rings (SSSR count). The van der Waals surface area contributed by atoms with E-state index in [4.69, 9.17) is 22.1 Å². The highest BCUT2D eigenvalue weighted by Gasteiger charge is 2.29. The molecule has 2 aromatic heterocycles. The number of hydrogen-bond donors (Lipinski definition) is 2. The second kappa shape index (κ2) is 11.3. The molecule has 2 aromatic carbocycles. The summed E-state index contributed by atoms with van der Waals surface area (Å²) in [4.78, 5) is 15.5. The van der Waals surface area contributed by atoms with Gasteiger partial charge in [0.25, 0.3) is 0 Å². The molecular formula is C27H30ClFN8O. The number of fused-ring (bicyclic) bond motifs is 1. The molecule has 11 heteroatoms. The van der Waals surface area contributed by atoms with Gasteiger partial charge in [-0.05, 0) is 68.2 Å². The Kier molecular flexibility index (Phi) is 7.71. The number of ether oxygens (including phenoxy) is 1. The number of nitrogens with two attached hydrogens (primary N) is 1. The van der Waals surface area contributed by atoms with Gasteiger partial charge in [0.15, 0.2) is 0 Å². The number of likely N-dealkylation sites (N-methyl/N-ethyl adjacent to an activating group) is 1. The third-order valence-corrected chi connectivity index (χ3v) is 6.66. The summed E-state index contributed by atoms with van der Waals surface area (Å²) in [6.07, 6.45) is 3.33. The van der Waals surface area contributed by atoms with Crippen LogP contribution in [0.3, 0.4) is 0 Å². The Labute approximate surface area is 225 Å². The molecule has 0 saturated carbocycles. The van der Waals surface area contributed by atoms with E-state index in [0.717, 1.165) is 47.7 Å². The van der Waals surface area contributed by atoms with E-state index in [-0.39, 0.29) is 17.0 Å². The van der Waals surface area contributed by atoms with Crippen molar-refractivity contribution < 1.29 is 9.13 Å². The Hall–Kier alpha value is -3.76. The van der Waals surface area contributed by atoms with E-state index in [2.05, 4.69) is 37.3 Å². The van der Waals surface area contributed by atoms with Crippen LogP contribution < -0.4 is 15.8 Å². The van der Waals surface area contributed by atoms with Gasteiger partial charge < -0.3 is 20.7 Å². The van der Waals surface area contributed by atoms with E-state index >= 15 is 0 Å². The molecule has 1 aliphatic rings. The fourth-order valence-electron chi connectivity index (χ4n) is 4.67. The van der Waals surface area contributed by atoms with Gasteiger partial charge in [0.1, 0.15) is 35.2 Å². The minimum Gasteiger partial charge on any atom is -0.491 e. The summed E-state index contributed by atoms with van der Waals surface area (Å²) in [5.41, 5.74) is 10.3. The zero-order valence-corrected chi connectivity index (χ0v) is 22.1. The Morgan fingerprint density at radius 2 is 1.97 bits per heavy atom. The number of aromatic nitrogens is 5. The number of anilines is 2. The molecule has 3 N–H and O–H groups in total. The molecule has 0 fully saturated rings. The van der Waals surface area contributed by atoms with Crippen molar-refractivity contribution in [2.45, 2.75) is 32.2 Å². The summed E-state index contributed by atoms with van der Waals surface area (Å²) in [5.74, 6) is 1.81. The highest BCUT2D eigenvalue weighted by molar-refractivity contribution is 6.28. The standard InChI is InChI=1S/C27H30ClFN8O/c1-17-32-16-37(35-17)23-10-9-20(30)13-24(23)38-12-4-3-11-31-26-22-15-36(2)14-21(25(22)33-27(28)34-26)18-5-7-19(29)8-6-18/h5-10,13,16,21H,3-4,11-12,14-15,30H2,1-2H3,(H,31,33,34). The summed E-state index contributed by atoms with van der Waals surface area (Å²) in [5, 5.41) is 8.01. The predicted octanol–water partition coefficient (Wildman–Crippen LogP) is 4.59. The molecule has 0 radical (unpaired) electrons. The number of rotatable bonds is 9. The topological polar surface area (TPSA) is 107 Å². The van der Waals surface area contributed by atoms with Crippen LogP contribution in [0.15, 0.2) is 48.8 Å². The van der Waals surface area contributed by atoms with E-state index in [1.54, 1.807) is 17.1 Å². The maximum Gasteiger partial charge on any atom is 0.224 e. The second-order valence-electron chi connectivity index (χ2n) is 9.45. The van der Waals surface area contributed by atoms with Crippen LogP contribution in [-0.4, -0.2) is 56.4 Å². The number of nitrogen functional groups attached to an aromatic ring is 1. The maximum absolute atomic E-state index is 13.5. The highest BCUT2D eigenvalue weighted by atomic mass is 35.5. The van der Waals surface area contributed by atoms with Crippen molar-refractivity contribution in [1.29, 1.82) is 0 Å². The summed E-state index contributed by atoms with van der Waals surface area (Å²) in [6.45, 7) is 4.52. The lowest BCUT2D eigenvalue weighted by Crippen LogP contribution is -2.33. The van der Waals surface area contributed by atoms with E-state index in [9.17, 15) is 4.39 Å². The number of hydrogen-bond acceptors (Lipinski definition) is 8. The summed E-state index contributed by atoms with van der Waals surface area (Å²) >= 11 is 6.33. The SMILES string of the molecule is Cc1ncn(-c2ccc(N)cc2OCCCCNc2nc(Cl)nc3c2CN(C)CC3c2ccc(F)cc2)n1. The van der Waals surface area contributed by atoms with Gasteiger partial charge in [-0.15, -0.1) is 0 Å². The van der Waals surface area contributed by atoms with Gasteiger partial charge in [-0.3, -0.25) is 0 Å². The largest absolute Gasteiger partial charge is 0.491 e. The lowest BCUT2D eigenvalue weighted by Gasteiger charge is -2.32. The maximum atomic E-state index is 13.5. The van der Waals surface area contributed by atoms with Crippen LogP contribution in [0.4, 0.5) is 15.9 Å². The Bertz CT molecular complexity index is 1410. The van der Waals surface area contributed by atoms with Crippen molar-refractivity contribution in [1.82, 2.24) is 29.6 Å². The number of nitrogens with one attached hydrogen (secondary N) is 1. The van der Waals surface area contributed by atoms with E-state index in [0.29, 0.717) is 37.0 Å². The van der Waals surface area contributed by atoms with Crippen molar-refractivity contribution in [2.24, 2.45) is 0 Å². The third-order valence-electron chi connectivity index (χ3n) is 6.49. The van der Waals surface area contributed by atoms with Gasteiger partial charge >= 0.3 is 0 Å². The molecule has 0 spiro atoms. The summed E-state index contributed by atoms with van der Waals surface area (Å²) in [7, 11) is 2.06. The molecule has 0 amide bonds. The first-order valence-electron chi connectivity index (χ1n) is 12.5. The molecule has 0 aliphatic carbocycles. The molecular weight excluding hydrogens is 507 g/mol. The van der Waals surface area contributed by atoms with Crippen molar-refractivity contribution in [3.63, 3.8) is 0 Å². The van der Waals surface area contributed by atoms with Crippen LogP contribution in [0.1, 0.15) is 41.4 Å². The smallest absolute Gasteiger partial charge is 0.224 e. The quantitative estimate of drug-likeness (QED) is 0.182. The molecule has 1 aliphatic heterocycles. The van der Waals surface area contributed by atoms with Gasteiger partial charge in [-0.2, -0.15) is 5.10 Å². The highest BCUT2D eigenvalue weighted by Crippen LogP contribution is 2.35. The third kappa shape index (κ3) is 5.87. The van der Waals surface area contributed by atoms with E-state index in [1.807, 2.05) is 31.2 Å². The van der Waals surface area contributed by atoms with Crippen molar-refractivity contribution >= 4 is 23.1 Å². The van der Waals surface area contributed by atoms with Crippen LogP contribution in [0, 0.1) is 12.7 Å². The minimum absolute atomic E-state index is 0.0138. The molecule has 198 valence electrons. The molecule has 38 heavy (non-hydrogen) atoms. The molecule has 1 unspecified atom stereocenters. The lowest BCUT2D eigenvalue weighted by molar-refractivity contribution is 0.291.